The summed E-state index contributed by atoms with van der Waals surface area (Å²) in [6, 6.07) is 29.9. The van der Waals surface area contributed by atoms with Crippen molar-refractivity contribution < 1.29 is 0 Å². The Bertz CT molecular complexity index is 961. The van der Waals surface area contributed by atoms with E-state index in [0.717, 1.165) is 6.42 Å². The Labute approximate surface area is 136 Å². The molecule has 0 atom stereocenters. The Kier molecular flexibility index (Phi) is 3.65. The highest BCUT2D eigenvalue weighted by Crippen LogP contribution is 2.22. The van der Waals surface area contributed by atoms with Crippen LogP contribution in [0.25, 0.3) is 17.7 Å². The van der Waals surface area contributed by atoms with E-state index in [1.54, 1.807) is 0 Å². The van der Waals surface area contributed by atoms with Crippen molar-refractivity contribution in [2.75, 3.05) is 0 Å². The van der Waals surface area contributed by atoms with Gasteiger partial charge in [-0.2, -0.15) is 0 Å². The van der Waals surface area contributed by atoms with Crippen LogP contribution >= 0.6 is 0 Å². The monoisotopic (exact) mass is 294 g/mol. The zero-order valence-electron chi connectivity index (χ0n) is 12.9. The van der Waals surface area contributed by atoms with E-state index in [4.69, 9.17) is 0 Å². The molecule has 0 radical (unpaired) electrons. The number of hydrogen-bond donors (Lipinski definition) is 0. The summed E-state index contributed by atoms with van der Waals surface area (Å²) < 4.78 is 0. The lowest BCUT2D eigenvalue weighted by Crippen LogP contribution is -2.22. The van der Waals surface area contributed by atoms with Crippen molar-refractivity contribution >= 4 is 17.7 Å². The molecule has 0 saturated carbocycles. The Morgan fingerprint density at radius 1 is 0.652 bits per heavy atom. The molecular formula is C23H18. The smallest absolute Gasteiger partial charge is 0.00137 e. The third-order valence-corrected chi connectivity index (χ3v) is 4.29. The number of allylic oxidation sites excluding steroid dienone is 1. The van der Waals surface area contributed by atoms with Gasteiger partial charge < -0.3 is 0 Å². The molecule has 0 aromatic heterocycles. The summed E-state index contributed by atoms with van der Waals surface area (Å²) in [5, 5.41) is 2.68. The highest BCUT2D eigenvalue weighted by atomic mass is 14.2. The molecule has 0 heteroatoms. The lowest BCUT2D eigenvalue weighted by Gasteiger charge is -2.07. The van der Waals surface area contributed by atoms with E-state index >= 15 is 0 Å². The van der Waals surface area contributed by atoms with Crippen LogP contribution in [0.4, 0.5) is 0 Å². The summed E-state index contributed by atoms with van der Waals surface area (Å²) in [6.45, 7) is 0. The summed E-state index contributed by atoms with van der Waals surface area (Å²) in [5.41, 5.74) is 5.33. The van der Waals surface area contributed by atoms with Gasteiger partial charge in [0.05, 0.1) is 0 Å². The Morgan fingerprint density at radius 2 is 1.30 bits per heavy atom. The molecule has 1 aliphatic rings. The Hall–Kier alpha value is -2.86. The molecule has 4 rings (SSSR count). The molecule has 3 aromatic rings. The van der Waals surface area contributed by atoms with Gasteiger partial charge in [0.25, 0.3) is 0 Å². The molecular weight excluding hydrogens is 276 g/mol. The first-order valence-corrected chi connectivity index (χ1v) is 8.01. The lowest BCUT2D eigenvalue weighted by atomic mass is 9.97. The van der Waals surface area contributed by atoms with Crippen LogP contribution in [0.15, 0.2) is 90.5 Å². The van der Waals surface area contributed by atoms with Gasteiger partial charge in [0.15, 0.2) is 0 Å². The van der Waals surface area contributed by atoms with E-state index in [-0.39, 0.29) is 0 Å². The summed E-state index contributed by atoms with van der Waals surface area (Å²) in [5.74, 6) is 0. The van der Waals surface area contributed by atoms with Crippen molar-refractivity contribution in [3.05, 3.63) is 112 Å². The minimum atomic E-state index is 0.965. The van der Waals surface area contributed by atoms with Gasteiger partial charge in [-0.25, -0.2) is 0 Å². The maximum absolute atomic E-state index is 2.31. The maximum Gasteiger partial charge on any atom is -0.00137 e. The predicted octanol–water partition coefficient (Wildman–Crippen LogP) is 3.96. The van der Waals surface area contributed by atoms with Crippen molar-refractivity contribution in [2.24, 2.45) is 0 Å². The zero-order valence-corrected chi connectivity index (χ0v) is 12.9. The average molecular weight is 294 g/mol. The first-order chi connectivity index (χ1) is 11.4. The number of fused-ring (bicyclic) bond motifs is 1. The third-order valence-electron chi connectivity index (χ3n) is 4.29. The third kappa shape index (κ3) is 2.89. The van der Waals surface area contributed by atoms with Crippen LogP contribution < -0.4 is 10.4 Å². The molecule has 3 aromatic carbocycles. The fourth-order valence-electron chi connectivity index (χ4n) is 3.16. The summed E-state index contributed by atoms with van der Waals surface area (Å²) in [6.07, 6.45) is 5.56. The molecule has 23 heavy (non-hydrogen) atoms. The van der Waals surface area contributed by atoms with Gasteiger partial charge in [-0.15, -0.1) is 0 Å². The van der Waals surface area contributed by atoms with Gasteiger partial charge in [0.2, 0.25) is 0 Å². The normalized spacial score (nSPS) is 14.6. The highest BCUT2D eigenvalue weighted by molar-refractivity contribution is 5.89. The fraction of sp³-hybridized carbons (Fsp3) is 0.0435. The Balaban J connectivity index is 1.84. The van der Waals surface area contributed by atoms with Crippen LogP contribution in [0, 0.1) is 0 Å². The first-order valence-electron chi connectivity index (χ1n) is 8.01. The second-order valence-electron chi connectivity index (χ2n) is 5.88. The van der Waals surface area contributed by atoms with Gasteiger partial charge in [-0.3, -0.25) is 0 Å². The molecule has 1 aliphatic carbocycles. The van der Waals surface area contributed by atoms with E-state index in [1.165, 1.54) is 32.7 Å². The fourth-order valence-corrected chi connectivity index (χ4v) is 3.16. The molecule has 0 bridgehead atoms. The maximum atomic E-state index is 2.31. The summed E-state index contributed by atoms with van der Waals surface area (Å²) in [7, 11) is 0. The number of rotatable bonds is 3. The van der Waals surface area contributed by atoms with Crippen LogP contribution in [0.5, 0.6) is 0 Å². The molecule has 0 heterocycles. The second kappa shape index (κ2) is 6.10. The van der Waals surface area contributed by atoms with E-state index in [9.17, 15) is 0 Å². The molecule has 0 spiro atoms. The van der Waals surface area contributed by atoms with Gasteiger partial charge in [0.1, 0.15) is 0 Å². The molecule has 110 valence electrons. The van der Waals surface area contributed by atoms with Crippen LogP contribution in [0.2, 0.25) is 0 Å². The summed E-state index contributed by atoms with van der Waals surface area (Å²) in [4.78, 5) is 0. The quantitative estimate of drug-likeness (QED) is 0.686. The minimum Gasteiger partial charge on any atom is -0.0622 e. The van der Waals surface area contributed by atoms with Crippen molar-refractivity contribution in [1.82, 2.24) is 0 Å². The van der Waals surface area contributed by atoms with E-state index in [0.29, 0.717) is 0 Å². The lowest BCUT2D eigenvalue weighted by molar-refractivity contribution is 1.28. The topological polar surface area (TPSA) is 0 Å². The van der Waals surface area contributed by atoms with Gasteiger partial charge in [-0.1, -0.05) is 84.9 Å². The van der Waals surface area contributed by atoms with Crippen LogP contribution in [-0.2, 0) is 6.42 Å². The van der Waals surface area contributed by atoms with Crippen LogP contribution in [0.1, 0.15) is 11.1 Å². The molecule has 0 saturated heterocycles. The number of benzene rings is 3. The van der Waals surface area contributed by atoms with Crippen molar-refractivity contribution in [3.8, 4) is 0 Å². The Morgan fingerprint density at radius 3 is 2.09 bits per heavy atom. The molecule has 0 nitrogen and oxygen atoms in total. The van der Waals surface area contributed by atoms with E-state index < -0.39 is 0 Å². The van der Waals surface area contributed by atoms with Crippen molar-refractivity contribution in [2.45, 2.75) is 6.42 Å². The largest absolute Gasteiger partial charge is 0.0622 e. The van der Waals surface area contributed by atoms with E-state index in [1.807, 2.05) is 0 Å². The van der Waals surface area contributed by atoms with Gasteiger partial charge >= 0.3 is 0 Å². The van der Waals surface area contributed by atoms with Gasteiger partial charge in [-0.05, 0) is 51.3 Å². The second-order valence-corrected chi connectivity index (χ2v) is 5.88. The van der Waals surface area contributed by atoms with E-state index in [2.05, 4.69) is 97.1 Å². The summed E-state index contributed by atoms with van der Waals surface area (Å²) >= 11 is 0. The molecule has 0 fully saturated rings. The SMILES string of the molecule is C(=C1C=c2ccccc2=C1Cc1ccccc1)c1ccccc1. The van der Waals surface area contributed by atoms with Crippen LogP contribution in [-0.4, -0.2) is 0 Å². The number of hydrogen-bond acceptors (Lipinski definition) is 0. The molecule has 0 amide bonds. The molecule has 0 aliphatic heterocycles. The predicted molar refractivity (Wildman–Crippen MR) is 98.1 cm³/mol. The van der Waals surface area contributed by atoms with Crippen LogP contribution in [0.3, 0.4) is 0 Å². The van der Waals surface area contributed by atoms with Crippen molar-refractivity contribution in [3.63, 3.8) is 0 Å². The molecule has 0 N–H and O–H groups in total. The standard InChI is InChI=1S/C23H18/c1-3-9-18(10-4-1)15-21-17-20-13-7-8-14-22(20)23(21)16-19-11-5-2-6-12-19/h1-15,17H,16H2. The minimum absolute atomic E-state index is 0.965. The average Bonchev–Trinajstić information content (AvgIpc) is 2.94. The van der Waals surface area contributed by atoms with Crippen molar-refractivity contribution in [1.29, 1.82) is 0 Å². The molecule has 0 unspecified atom stereocenters. The first kappa shape index (κ1) is 13.8. The zero-order chi connectivity index (χ0) is 15.5. The van der Waals surface area contributed by atoms with Gasteiger partial charge in [0, 0.05) is 0 Å². The highest BCUT2D eigenvalue weighted by Gasteiger charge is 2.11.